The molecule has 0 saturated carbocycles. The van der Waals surface area contributed by atoms with Crippen molar-refractivity contribution in [2.24, 2.45) is 0 Å². The Balaban J connectivity index is 2.92. The Morgan fingerprint density at radius 3 is 2.35 bits per heavy atom. The average Bonchev–Trinajstić information content (AvgIpc) is 2.24. The first kappa shape index (κ1) is 14.3. The van der Waals surface area contributed by atoms with Gasteiger partial charge in [0.05, 0.1) is 5.56 Å². The van der Waals surface area contributed by atoms with E-state index in [-0.39, 0.29) is 6.04 Å². The fraction of sp³-hybridized carbons (Fsp3) is 0.545. The van der Waals surface area contributed by atoms with Crippen molar-refractivity contribution < 1.29 is 13.2 Å². The van der Waals surface area contributed by atoms with Gasteiger partial charge in [-0.3, -0.25) is 0 Å². The Labute approximate surface area is 107 Å². The minimum absolute atomic E-state index is 0.191. The van der Waals surface area contributed by atoms with Gasteiger partial charge in [-0.1, -0.05) is 15.9 Å². The second kappa shape index (κ2) is 5.71. The molecule has 0 spiro atoms. The second-order valence-electron chi connectivity index (χ2n) is 3.88. The van der Waals surface area contributed by atoms with Crippen molar-refractivity contribution in [2.45, 2.75) is 26.1 Å². The molecule has 17 heavy (non-hydrogen) atoms. The predicted molar refractivity (Wildman–Crippen MR) is 65.5 cm³/mol. The molecule has 0 aliphatic carbocycles. The number of nitrogens with zero attached hydrogens (tertiary/aromatic N) is 2. The fourth-order valence-corrected chi connectivity index (χ4v) is 1.83. The lowest BCUT2D eigenvalue weighted by atomic mass is 10.2. The minimum Gasteiger partial charge on any atom is -0.353 e. The molecule has 0 N–H and O–H groups in total. The van der Waals surface area contributed by atoms with E-state index in [4.69, 9.17) is 0 Å². The van der Waals surface area contributed by atoms with Gasteiger partial charge in [0.25, 0.3) is 0 Å². The third-order valence-corrected chi connectivity index (χ3v) is 2.67. The van der Waals surface area contributed by atoms with Gasteiger partial charge in [-0.2, -0.15) is 13.2 Å². The molecule has 96 valence electrons. The SMILES string of the molecule is CC(C)N(CCBr)c1ccc(C(F)(F)F)cn1. The summed E-state index contributed by atoms with van der Waals surface area (Å²) in [4.78, 5) is 5.81. The average molecular weight is 311 g/mol. The molecule has 0 saturated heterocycles. The van der Waals surface area contributed by atoms with Crippen LogP contribution in [0.25, 0.3) is 0 Å². The van der Waals surface area contributed by atoms with E-state index >= 15 is 0 Å². The van der Waals surface area contributed by atoms with Crippen molar-refractivity contribution in [3.8, 4) is 0 Å². The van der Waals surface area contributed by atoms with Crippen LogP contribution in [0, 0.1) is 0 Å². The lowest BCUT2D eigenvalue weighted by Gasteiger charge is -2.27. The molecule has 0 bridgehead atoms. The molecule has 0 fully saturated rings. The van der Waals surface area contributed by atoms with Crippen LogP contribution in [0.4, 0.5) is 19.0 Å². The Bertz CT molecular complexity index is 349. The predicted octanol–water partition coefficient (Wildman–Crippen LogP) is 3.71. The van der Waals surface area contributed by atoms with Gasteiger partial charge in [0, 0.05) is 24.1 Å². The Morgan fingerprint density at radius 1 is 1.35 bits per heavy atom. The van der Waals surface area contributed by atoms with Crippen LogP contribution in [0.5, 0.6) is 0 Å². The summed E-state index contributed by atoms with van der Waals surface area (Å²) in [5.74, 6) is 0.562. The molecule has 0 unspecified atom stereocenters. The van der Waals surface area contributed by atoms with Gasteiger partial charge >= 0.3 is 6.18 Å². The first-order chi connectivity index (χ1) is 7.86. The maximum Gasteiger partial charge on any atom is 0.417 e. The van der Waals surface area contributed by atoms with Crippen LogP contribution in [0.15, 0.2) is 18.3 Å². The summed E-state index contributed by atoms with van der Waals surface area (Å²) >= 11 is 3.31. The molecule has 1 rings (SSSR count). The summed E-state index contributed by atoms with van der Waals surface area (Å²) < 4.78 is 37.1. The molecule has 0 amide bonds. The molecule has 2 nitrogen and oxygen atoms in total. The van der Waals surface area contributed by atoms with E-state index in [1.807, 2.05) is 18.7 Å². The van der Waals surface area contributed by atoms with Gasteiger partial charge in [-0.15, -0.1) is 0 Å². The summed E-state index contributed by atoms with van der Waals surface area (Å²) in [5.41, 5.74) is -0.719. The van der Waals surface area contributed by atoms with Crippen LogP contribution in [0.1, 0.15) is 19.4 Å². The van der Waals surface area contributed by atoms with Gasteiger partial charge in [0.2, 0.25) is 0 Å². The Kier molecular flexibility index (Phi) is 4.80. The highest BCUT2D eigenvalue weighted by molar-refractivity contribution is 9.09. The monoisotopic (exact) mass is 310 g/mol. The van der Waals surface area contributed by atoms with E-state index in [9.17, 15) is 13.2 Å². The van der Waals surface area contributed by atoms with E-state index < -0.39 is 11.7 Å². The maximum absolute atomic E-state index is 12.4. The Hall–Kier alpha value is -0.780. The first-order valence-corrected chi connectivity index (χ1v) is 6.34. The zero-order chi connectivity index (χ0) is 13.1. The van der Waals surface area contributed by atoms with Crippen molar-refractivity contribution in [1.29, 1.82) is 0 Å². The lowest BCUT2D eigenvalue weighted by Crippen LogP contribution is -2.33. The minimum atomic E-state index is -4.33. The van der Waals surface area contributed by atoms with Gasteiger partial charge < -0.3 is 4.90 Å². The van der Waals surface area contributed by atoms with Gasteiger partial charge in [-0.25, -0.2) is 4.98 Å². The smallest absolute Gasteiger partial charge is 0.353 e. The van der Waals surface area contributed by atoms with E-state index in [0.29, 0.717) is 12.4 Å². The molecular weight excluding hydrogens is 297 g/mol. The molecule has 6 heteroatoms. The van der Waals surface area contributed by atoms with Crippen molar-refractivity contribution >= 4 is 21.7 Å². The molecular formula is C11H14BrF3N2. The number of halogens is 4. The molecule has 0 aromatic carbocycles. The number of hydrogen-bond acceptors (Lipinski definition) is 2. The molecule has 1 aromatic heterocycles. The highest BCUT2D eigenvalue weighted by atomic mass is 79.9. The number of alkyl halides is 4. The van der Waals surface area contributed by atoms with Gasteiger partial charge in [0.1, 0.15) is 5.82 Å². The summed E-state index contributed by atoms with van der Waals surface area (Å²) in [6, 6.07) is 2.66. The summed E-state index contributed by atoms with van der Waals surface area (Å²) in [7, 11) is 0. The quantitative estimate of drug-likeness (QED) is 0.788. The number of aromatic nitrogens is 1. The third kappa shape index (κ3) is 3.87. The van der Waals surface area contributed by atoms with Crippen LogP contribution in [0.2, 0.25) is 0 Å². The molecule has 0 aliphatic rings. The highest BCUT2D eigenvalue weighted by Crippen LogP contribution is 2.29. The largest absolute Gasteiger partial charge is 0.417 e. The van der Waals surface area contributed by atoms with Crippen LogP contribution in [0.3, 0.4) is 0 Å². The topological polar surface area (TPSA) is 16.1 Å². The Morgan fingerprint density at radius 2 is 2.00 bits per heavy atom. The normalized spacial score (nSPS) is 11.9. The van der Waals surface area contributed by atoms with E-state index in [2.05, 4.69) is 20.9 Å². The van der Waals surface area contributed by atoms with Crippen molar-refractivity contribution in [3.05, 3.63) is 23.9 Å². The maximum atomic E-state index is 12.4. The van der Waals surface area contributed by atoms with Crippen LogP contribution >= 0.6 is 15.9 Å². The fourth-order valence-electron chi connectivity index (χ4n) is 1.45. The summed E-state index contributed by atoms with van der Waals surface area (Å²) in [5, 5.41) is 0.744. The standard InChI is InChI=1S/C11H14BrF3N2/c1-8(2)17(6-5-12)10-4-3-9(7-16-10)11(13,14)15/h3-4,7-8H,5-6H2,1-2H3. The van der Waals surface area contributed by atoms with Crippen LogP contribution < -0.4 is 4.90 Å². The van der Waals surface area contributed by atoms with Crippen molar-refractivity contribution in [3.63, 3.8) is 0 Å². The van der Waals surface area contributed by atoms with Crippen molar-refractivity contribution in [1.82, 2.24) is 4.98 Å². The van der Waals surface area contributed by atoms with Crippen LogP contribution in [-0.4, -0.2) is 22.9 Å². The van der Waals surface area contributed by atoms with Crippen molar-refractivity contribution in [2.75, 3.05) is 16.8 Å². The zero-order valence-corrected chi connectivity index (χ0v) is 11.2. The van der Waals surface area contributed by atoms with E-state index in [1.54, 1.807) is 0 Å². The van der Waals surface area contributed by atoms with Gasteiger partial charge in [0.15, 0.2) is 0 Å². The second-order valence-corrected chi connectivity index (χ2v) is 4.67. The number of hydrogen-bond donors (Lipinski definition) is 0. The number of anilines is 1. The molecule has 1 heterocycles. The van der Waals surface area contributed by atoms with Gasteiger partial charge in [-0.05, 0) is 26.0 Å². The van der Waals surface area contributed by atoms with E-state index in [1.165, 1.54) is 6.07 Å². The third-order valence-electron chi connectivity index (χ3n) is 2.32. The molecule has 0 atom stereocenters. The molecule has 0 aliphatic heterocycles. The number of rotatable bonds is 4. The molecule has 1 aromatic rings. The zero-order valence-electron chi connectivity index (χ0n) is 9.63. The molecule has 0 radical (unpaired) electrons. The van der Waals surface area contributed by atoms with Crippen LogP contribution in [-0.2, 0) is 6.18 Å². The number of pyridine rings is 1. The highest BCUT2D eigenvalue weighted by Gasteiger charge is 2.30. The lowest BCUT2D eigenvalue weighted by molar-refractivity contribution is -0.137. The first-order valence-electron chi connectivity index (χ1n) is 5.22. The van der Waals surface area contributed by atoms with E-state index in [0.717, 1.165) is 17.6 Å². The summed E-state index contributed by atoms with van der Waals surface area (Å²) in [6.45, 7) is 4.65. The summed E-state index contributed by atoms with van der Waals surface area (Å²) in [6.07, 6.45) is -3.46.